The molecule has 0 radical (unpaired) electrons. The summed E-state index contributed by atoms with van der Waals surface area (Å²) in [6, 6.07) is 7.83. The molecule has 0 fully saturated rings. The van der Waals surface area contributed by atoms with E-state index >= 15 is 0 Å². The Balaban J connectivity index is 1.87. The van der Waals surface area contributed by atoms with Gasteiger partial charge in [0.2, 0.25) is 15.9 Å². The van der Waals surface area contributed by atoms with Gasteiger partial charge in [0, 0.05) is 17.1 Å². The summed E-state index contributed by atoms with van der Waals surface area (Å²) in [5, 5.41) is 16.0. The first-order valence-corrected chi connectivity index (χ1v) is 13.7. The minimum absolute atomic E-state index is 0.127. The number of aliphatic hydroxyl groups is 1. The van der Waals surface area contributed by atoms with Crippen LogP contribution >= 0.6 is 11.6 Å². The summed E-state index contributed by atoms with van der Waals surface area (Å²) in [6.07, 6.45) is -12.0. The molecule has 3 rings (SSSR count). The molecule has 2 atom stereocenters. The highest BCUT2D eigenvalue weighted by Crippen LogP contribution is 2.31. The van der Waals surface area contributed by atoms with Crippen LogP contribution in [-0.4, -0.2) is 58.9 Å². The lowest BCUT2D eigenvalue weighted by Gasteiger charge is -2.20. The van der Waals surface area contributed by atoms with Gasteiger partial charge in [-0.2, -0.15) is 26.3 Å². The standard InChI is InChI=1S/C23H22ClF6N5O5S/c1-41(39,40)33-17(14-3-2-4-15(9-14)22(25,26)27)10-31-19(37)12-35-21(38)34(11-18(36)23(28,29)30)20(32-35)13-5-7-16(24)8-6-13/h2-9,17-18,33,36H,10-12H2,1H3,(H,31,37). The highest BCUT2D eigenvalue weighted by Gasteiger charge is 2.39. The van der Waals surface area contributed by atoms with Crippen LogP contribution < -0.4 is 15.7 Å². The van der Waals surface area contributed by atoms with E-state index in [2.05, 4.69) is 15.1 Å². The molecular weight excluding hydrogens is 608 g/mol. The summed E-state index contributed by atoms with van der Waals surface area (Å²) in [5.74, 6) is -1.29. The fourth-order valence-corrected chi connectivity index (χ4v) is 4.49. The Kier molecular flexibility index (Phi) is 9.57. The topological polar surface area (TPSA) is 135 Å². The number of nitrogens with zero attached hydrogens (tertiary/aromatic N) is 3. The second-order valence-corrected chi connectivity index (χ2v) is 11.0. The lowest BCUT2D eigenvalue weighted by molar-refractivity contribution is -0.207. The van der Waals surface area contributed by atoms with Gasteiger partial charge in [-0.15, -0.1) is 5.10 Å². The van der Waals surface area contributed by atoms with Crippen LogP contribution in [0, 0.1) is 0 Å². The molecule has 0 aliphatic rings. The van der Waals surface area contributed by atoms with Crippen LogP contribution in [0.5, 0.6) is 0 Å². The van der Waals surface area contributed by atoms with Crippen molar-refractivity contribution in [3.8, 4) is 11.4 Å². The Morgan fingerprint density at radius 2 is 1.73 bits per heavy atom. The minimum Gasteiger partial charge on any atom is -0.382 e. The van der Waals surface area contributed by atoms with Crippen molar-refractivity contribution in [1.29, 1.82) is 0 Å². The first-order valence-electron chi connectivity index (χ1n) is 11.4. The van der Waals surface area contributed by atoms with Crippen LogP contribution in [0.15, 0.2) is 53.3 Å². The lowest BCUT2D eigenvalue weighted by Crippen LogP contribution is -2.41. The van der Waals surface area contributed by atoms with E-state index < -0.39 is 71.3 Å². The van der Waals surface area contributed by atoms with Gasteiger partial charge in [-0.3, -0.25) is 9.36 Å². The maximum Gasteiger partial charge on any atom is 0.416 e. The first kappa shape index (κ1) is 32.1. The van der Waals surface area contributed by atoms with Crippen LogP contribution in [0.1, 0.15) is 17.2 Å². The van der Waals surface area contributed by atoms with Crippen molar-refractivity contribution in [2.75, 3.05) is 12.8 Å². The van der Waals surface area contributed by atoms with E-state index in [9.17, 15) is 49.5 Å². The molecule has 10 nitrogen and oxygen atoms in total. The molecule has 2 aromatic carbocycles. The van der Waals surface area contributed by atoms with Gasteiger partial charge in [0.15, 0.2) is 11.9 Å². The largest absolute Gasteiger partial charge is 0.416 e. The van der Waals surface area contributed by atoms with Crippen molar-refractivity contribution in [3.05, 3.63) is 75.2 Å². The normalized spacial score (nSPS) is 14.1. The van der Waals surface area contributed by atoms with Gasteiger partial charge in [-0.25, -0.2) is 22.6 Å². The molecule has 41 heavy (non-hydrogen) atoms. The number of nitrogens with one attached hydrogen (secondary N) is 2. The fraction of sp³-hybridized carbons (Fsp3) is 0.348. The maximum atomic E-state index is 13.2. The molecule has 0 aliphatic carbocycles. The van der Waals surface area contributed by atoms with E-state index in [1.807, 2.05) is 0 Å². The smallest absolute Gasteiger partial charge is 0.382 e. The zero-order valence-corrected chi connectivity index (χ0v) is 22.4. The molecular formula is C23H22ClF6N5O5S. The van der Waals surface area contributed by atoms with Crippen LogP contribution in [0.25, 0.3) is 11.4 Å². The SMILES string of the molecule is CS(=O)(=O)NC(CNC(=O)Cn1nc(-c2ccc(Cl)cc2)n(CC(O)C(F)(F)F)c1=O)c1cccc(C(F)(F)F)c1. The predicted octanol–water partition coefficient (Wildman–Crippen LogP) is 2.71. The number of amides is 1. The second-order valence-electron chi connectivity index (χ2n) is 8.81. The quantitative estimate of drug-likeness (QED) is 0.295. The van der Waals surface area contributed by atoms with Crippen molar-refractivity contribution in [1.82, 2.24) is 24.4 Å². The molecule has 3 aromatic rings. The first-order chi connectivity index (χ1) is 18.8. The summed E-state index contributed by atoms with van der Waals surface area (Å²) in [4.78, 5) is 25.5. The third-order valence-corrected chi connectivity index (χ3v) is 6.49. The summed E-state index contributed by atoms with van der Waals surface area (Å²) >= 11 is 5.83. The number of carbonyl (C=O) groups is 1. The molecule has 0 bridgehead atoms. The van der Waals surface area contributed by atoms with Crippen LogP contribution in [0.2, 0.25) is 5.02 Å². The molecule has 1 aromatic heterocycles. The van der Waals surface area contributed by atoms with Gasteiger partial charge in [-0.05, 0) is 42.0 Å². The number of aliphatic hydroxyl groups excluding tert-OH is 1. The summed E-state index contributed by atoms with van der Waals surface area (Å²) in [5.41, 5.74) is -2.23. The van der Waals surface area contributed by atoms with Gasteiger partial charge < -0.3 is 10.4 Å². The molecule has 18 heteroatoms. The fourth-order valence-electron chi connectivity index (χ4n) is 3.62. The third kappa shape index (κ3) is 8.79. The van der Waals surface area contributed by atoms with Crippen molar-refractivity contribution in [2.24, 2.45) is 0 Å². The van der Waals surface area contributed by atoms with Gasteiger partial charge in [-0.1, -0.05) is 23.7 Å². The van der Waals surface area contributed by atoms with Gasteiger partial charge in [0.05, 0.1) is 24.4 Å². The Morgan fingerprint density at radius 3 is 2.29 bits per heavy atom. The second kappa shape index (κ2) is 12.2. The zero-order chi connectivity index (χ0) is 30.8. The number of halogens is 7. The van der Waals surface area contributed by atoms with Crippen LogP contribution in [-0.2, 0) is 34.1 Å². The molecule has 1 heterocycles. The van der Waals surface area contributed by atoms with Crippen molar-refractivity contribution < 1.29 is 44.7 Å². The number of alkyl halides is 6. The summed E-state index contributed by atoms with van der Waals surface area (Å²) in [7, 11) is -3.97. The minimum atomic E-state index is -5.07. The Bertz CT molecular complexity index is 1550. The van der Waals surface area contributed by atoms with Gasteiger partial charge in [0.25, 0.3) is 0 Å². The average Bonchev–Trinajstić information content (AvgIpc) is 3.15. The van der Waals surface area contributed by atoms with E-state index in [-0.39, 0.29) is 22.0 Å². The zero-order valence-electron chi connectivity index (χ0n) is 20.9. The highest BCUT2D eigenvalue weighted by atomic mass is 35.5. The highest BCUT2D eigenvalue weighted by molar-refractivity contribution is 7.88. The van der Waals surface area contributed by atoms with Crippen molar-refractivity contribution in [3.63, 3.8) is 0 Å². The maximum absolute atomic E-state index is 13.2. The Hall–Kier alpha value is -3.41. The Labute approximate surface area is 233 Å². The molecule has 224 valence electrons. The number of hydrogen-bond acceptors (Lipinski definition) is 6. The molecule has 0 saturated heterocycles. The molecule has 0 aliphatic heterocycles. The lowest BCUT2D eigenvalue weighted by atomic mass is 10.0. The van der Waals surface area contributed by atoms with Gasteiger partial charge in [0.1, 0.15) is 6.54 Å². The van der Waals surface area contributed by atoms with Gasteiger partial charge >= 0.3 is 18.0 Å². The summed E-state index contributed by atoms with van der Waals surface area (Å²) in [6.45, 7) is -2.65. The summed E-state index contributed by atoms with van der Waals surface area (Å²) < 4.78 is 105. The van der Waals surface area contributed by atoms with E-state index in [4.69, 9.17) is 11.6 Å². The molecule has 0 spiro atoms. The van der Waals surface area contributed by atoms with Crippen LogP contribution in [0.3, 0.4) is 0 Å². The van der Waals surface area contributed by atoms with Crippen molar-refractivity contribution >= 4 is 27.5 Å². The molecule has 0 saturated carbocycles. The average molecular weight is 630 g/mol. The number of carbonyl (C=O) groups excluding carboxylic acids is 1. The van der Waals surface area contributed by atoms with E-state index in [0.29, 0.717) is 15.3 Å². The van der Waals surface area contributed by atoms with E-state index in [1.165, 1.54) is 30.3 Å². The number of aromatic nitrogens is 3. The number of rotatable bonds is 10. The number of sulfonamides is 1. The molecule has 2 unspecified atom stereocenters. The van der Waals surface area contributed by atoms with E-state index in [1.54, 1.807) is 0 Å². The third-order valence-electron chi connectivity index (χ3n) is 5.53. The van der Waals surface area contributed by atoms with Crippen LogP contribution in [0.4, 0.5) is 26.3 Å². The Morgan fingerprint density at radius 1 is 1.10 bits per heavy atom. The predicted molar refractivity (Wildman–Crippen MR) is 134 cm³/mol. The molecule has 3 N–H and O–H groups in total. The van der Waals surface area contributed by atoms with E-state index in [0.717, 1.165) is 18.4 Å². The molecule has 1 amide bonds. The number of hydrogen-bond donors (Lipinski definition) is 3. The monoisotopic (exact) mass is 629 g/mol. The number of benzene rings is 2. The van der Waals surface area contributed by atoms with Crippen molar-refractivity contribution in [2.45, 2.75) is 37.6 Å².